The first-order valence-electron chi connectivity index (χ1n) is 5.12. The Morgan fingerprint density at radius 3 is 2.40 bits per heavy atom. The predicted octanol–water partition coefficient (Wildman–Crippen LogP) is 1.59. The van der Waals surface area contributed by atoms with Gasteiger partial charge >= 0.3 is 0 Å². The quantitative estimate of drug-likeness (QED) is 0.691. The Kier molecular flexibility index (Phi) is 2.47. The average Bonchev–Trinajstić information content (AvgIpc) is 2.59. The summed E-state index contributed by atoms with van der Waals surface area (Å²) in [7, 11) is 3.99. The SMILES string of the molecule is CN1CCC(C#N)(c2ccccc2)N1C. The fourth-order valence-corrected chi connectivity index (χ4v) is 2.16. The molecule has 2 rings (SSSR count). The number of nitriles is 1. The number of rotatable bonds is 1. The molecule has 0 bridgehead atoms. The molecule has 0 spiro atoms. The molecule has 0 amide bonds. The van der Waals surface area contributed by atoms with Gasteiger partial charge < -0.3 is 0 Å². The molecule has 78 valence electrons. The first-order valence-corrected chi connectivity index (χ1v) is 5.12. The Morgan fingerprint density at radius 1 is 1.27 bits per heavy atom. The van der Waals surface area contributed by atoms with Gasteiger partial charge in [0.25, 0.3) is 0 Å². The Balaban J connectivity index is 2.45. The first kappa shape index (κ1) is 10.2. The van der Waals surface area contributed by atoms with E-state index in [2.05, 4.69) is 11.1 Å². The molecule has 0 N–H and O–H groups in total. The molecule has 1 aliphatic heterocycles. The molecule has 0 radical (unpaired) electrons. The highest BCUT2D eigenvalue weighted by molar-refractivity contribution is 5.32. The van der Waals surface area contributed by atoms with Crippen LogP contribution in [-0.2, 0) is 5.54 Å². The van der Waals surface area contributed by atoms with Gasteiger partial charge in [-0.1, -0.05) is 30.3 Å². The van der Waals surface area contributed by atoms with Gasteiger partial charge in [-0.25, -0.2) is 10.0 Å². The van der Waals surface area contributed by atoms with Gasteiger partial charge in [-0.3, -0.25) is 0 Å². The van der Waals surface area contributed by atoms with Crippen LogP contribution in [0.1, 0.15) is 12.0 Å². The number of hydrogen-bond acceptors (Lipinski definition) is 3. The molecule has 1 saturated heterocycles. The summed E-state index contributed by atoms with van der Waals surface area (Å²) in [4.78, 5) is 0. The van der Waals surface area contributed by atoms with Gasteiger partial charge in [-0.15, -0.1) is 0 Å². The molecule has 1 aromatic carbocycles. The topological polar surface area (TPSA) is 30.3 Å². The molecule has 0 saturated carbocycles. The van der Waals surface area contributed by atoms with Crippen molar-refractivity contribution < 1.29 is 0 Å². The zero-order valence-corrected chi connectivity index (χ0v) is 9.14. The maximum Gasteiger partial charge on any atom is 0.148 e. The average molecular weight is 201 g/mol. The molecular weight excluding hydrogens is 186 g/mol. The summed E-state index contributed by atoms with van der Waals surface area (Å²) >= 11 is 0. The summed E-state index contributed by atoms with van der Waals surface area (Å²) < 4.78 is 0. The molecule has 1 fully saturated rings. The number of benzene rings is 1. The van der Waals surface area contributed by atoms with Crippen molar-refractivity contribution in [2.75, 3.05) is 20.6 Å². The number of hydrazine groups is 1. The minimum atomic E-state index is -0.476. The van der Waals surface area contributed by atoms with E-state index in [0.717, 1.165) is 18.5 Å². The molecule has 3 nitrogen and oxygen atoms in total. The standard InChI is InChI=1S/C12H15N3/c1-14-9-8-12(10-13,15(14)2)11-6-4-3-5-7-11/h3-7H,8-9H2,1-2H3. The highest BCUT2D eigenvalue weighted by atomic mass is 15.6. The van der Waals surface area contributed by atoms with Crippen molar-refractivity contribution in [1.82, 2.24) is 10.0 Å². The third kappa shape index (κ3) is 1.43. The highest BCUT2D eigenvalue weighted by Gasteiger charge is 2.43. The Hall–Kier alpha value is -1.37. The summed E-state index contributed by atoms with van der Waals surface area (Å²) in [6.45, 7) is 0.930. The van der Waals surface area contributed by atoms with Gasteiger partial charge in [-0.2, -0.15) is 5.26 Å². The second kappa shape index (κ2) is 3.65. The van der Waals surface area contributed by atoms with Crippen molar-refractivity contribution in [2.24, 2.45) is 0 Å². The fourth-order valence-electron chi connectivity index (χ4n) is 2.16. The summed E-state index contributed by atoms with van der Waals surface area (Å²) in [5, 5.41) is 13.6. The van der Waals surface area contributed by atoms with E-state index in [9.17, 15) is 5.26 Å². The van der Waals surface area contributed by atoms with Crippen LogP contribution in [0.5, 0.6) is 0 Å². The van der Waals surface area contributed by atoms with Crippen LogP contribution in [0.3, 0.4) is 0 Å². The molecule has 15 heavy (non-hydrogen) atoms. The molecule has 0 aliphatic carbocycles. The normalized spacial score (nSPS) is 27.8. The van der Waals surface area contributed by atoms with E-state index < -0.39 is 5.54 Å². The molecule has 1 heterocycles. The predicted molar refractivity (Wildman–Crippen MR) is 58.7 cm³/mol. The van der Waals surface area contributed by atoms with Crippen molar-refractivity contribution in [1.29, 1.82) is 5.26 Å². The molecule has 1 aromatic rings. The monoisotopic (exact) mass is 201 g/mol. The zero-order valence-electron chi connectivity index (χ0n) is 9.14. The lowest BCUT2D eigenvalue weighted by Gasteiger charge is -2.32. The second-order valence-electron chi connectivity index (χ2n) is 3.99. The Morgan fingerprint density at radius 2 is 1.93 bits per heavy atom. The zero-order chi connectivity index (χ0) is 10.9. The van der Waals surface area contributed by atoms with Crippen LogP contribution in [0.15, 0.2) is 30.3 Å². The van der Waals surface area contributed by atoms with Gasteiger partial charge in [0, 0.05) is 20.6 Å². The van der Waals surface area contributed by atoms with E-state index in [-0.39, 0.29) is 0 Å². The number of hydrogen-bond donors (Lipinski definition) is 0. The van der Waals surface area contributed by atoms with Crippen molar-refractivity contribution in [2.45, 2.75) is 12.0 Å². The molecule has 1 atom stereocenters. The maximum absolute atomic E-state index is 9.44. The lowest BCUT2D eigenvalue weighted by atomic mass is 9.89. The Bertz CT molecular complexity index is 382. The second-order valence-corrected chi connectivity index (χ2v) is 3.99. The summed E-state index contributed by atoms with van der Waals surface area (Å²) in [5.74, 6) is 0. The van der Waals surface area contributed by atoms with Gasteiger partial charge in [0.15, 0.2) is 0 Å². The fraction of sp³-hybridized carbons (Fsp3) is 0.417. The van der Waals surface area contributed by atoms with Crippen molar-refractivity contribution in [3.05, 3.63) is 35.9 Å². The van der Waals surface area contributed by atoms with Crippen LogP contribution in [0.2, 0.25) is 0 Å². The summed E-state index contributed by atoms with van der Waals surface area (Å²) in [6.07, 6.45) is 0.862. The van der Waals surface area contributed by atoms with E-state index in [1.165, 1.54) is 0 Å². The maximum atomic E-state index is 9.44. The molecule has 1 aliphatic rings. The van der Waals surface area contributed by atoms with Crippen molar-refractivity contribution >= 4 is 0 Å². The molecule has 1 unspecified atom stereocenters. The lowest BCUT2D eigenvalue weighted by Crippen LogP contribution is -2.42. The smallest absolute Gasteiger partial charge is 0.148 e. The molecular formula is C12H15N3. The lowest BCUT2D eigenvalue weighted by molar-refractivity contribution is 0.0218. The van der Waals surface area contributed by atoms with Crippen LogP contribution in [0.4, 0.5) is 0 Å². The van der Waals surface area contributed by atoms with Crippen LogP contribution >= 0.6 is 0 Å². The third-order valence-electron chi connectivity index (χ3n) is 3.30. The third-order valence-corrected chi connectivity index (χ3v) is 3.30. The van der Waals surface area contributed by atoms with E-state index in [0.29, 0.717) is 0 Å². The van der Waals surface area contributed by atoms with Crippen LogP contribution < -0.4 is 0 Å². The van der Waals surface area contributed by atoms with Gasteiger partial charge in [0.2, 0.25) is 0 Å². The van der Waals surface area contributed by atoms with Crippen LogP contribution in [-0.4, -0.2) is 30.7 Å². The largest absolute Gasteiger partial charge is 0.243 e. The van der Waals surface area contributed by atoms with Crippen LogP contribution in [0, 0.1) is 11.3 Å². The van der Waals surface area contributed by atoms with Gasteiger partial charge in [0.1, 0.15) is 5.54 Å². The summed E-state index contributed by atoms with van der Waals surface area (Å²) in [5.41, 5.74) is 0.607. The molecule has 3 heteroatoms. The molecule has 0 aromatic heterocycles. The van der Waals surface area contributed by atoms with Crippen molar-refractivity contribution in [3.63, 3.8) is 0 Å². The summed E-state index contributed by atoms with van der Waals surface area (Å²) in [6, 6.07) is 12.5. The van der Waals surface area contributed by atoms with Gasteiger partial charge in [-0.05, 0) is 12.0 Å². The Labute approximate surface area is 90.5 Å². The van der Waals surface area contributed by atoms with E-state index in [1.807, 2.05) is 49.4 Å². The van der Waals surface area contributed by atoms with E-state index >= 15 is 0 Å². The first-order chi connectivity index (χ1) is 7.20. The van der Waals surface area contributed by atoms with E-state index in [1.54, 1.807) is 0 Å². The van der Waals surface area contributed by atoms with Crippen LogP contribution in [0.25, 0.3) is 0 Å². The van der Waals surface area contributed by atoms with Crippen molar-refractivity contribution in [3.8, 4) is 6.07 Å². The minimum absolute atomic E-state index is 0.476. The number of nitrogens with zero attached hydrogens (tertiary/aromatic N) is 3. The minimum Gasteiger partial charge on any atom is -0.243 e. The van der Waals surface area contributed by atoms with Gasteiger partial charge in [0.05, 0.1) is 6.07 Å². The highest BCUT2D eigenvalue weighted by Crippen LogP contribution is 2.36. The van der Waals surface area contributed by atoms with E-state index in [4.69, 9.17) is 0 Å².